The predicted molar refractivity (Wildman–Crippen MR) is 218 cm³/mol. The van der Waals surface area contributed by atoms with Crippen LogP contribution < -0.4 is 5.32 Å². The van der Waals surface area contributed by atoms with Gasteiger partial charge in [-0.25, -0.2) is 9.59 Å². The number of hydrogen-bond donors (Lipinski definition) is 4. The van der Waals surface area contributed by atoms with Crippen molar-refractivity contribution in [1.29, 1.82) is 0 Å². The second-order valence-electron chi connectivity index (χ2n) is 18.5. The molecule has 3 aliphatic carbocycles. The van der Waals surface area contributed by atoms with Crippen LogP contribution >= 0.6 is 0 Å². The standard InChI is InChI=1S/C46H61NO14/c1-25-30(59-40(52)35(49)34(27-17-13-11-14-18-27)47-41(53)61-42(3,4)5)22-46(54)29(23-57-39(51)28-19-15-12-16-20-28)37-44(8,38(50)36(56-10)33(25)43(46,6)7)31(55-9)21-32-45(37,24-58-32)60-26(2)48/h11-20,29-32,34-37,41,47,49,53-54H,21-24H2,1-10H3. The smallest absolute Gasteiger partial charge is 0.338 e. The third-order valence-electron chi connectivity index (χ3n) is 13.6. The molecule has 334 valence electrons. The average molecular weight is 852 g/mol. The molecule has 6 rings (SSSR count). The number of aliphatic hydroxyl groups excluding tert-OH is 2. The number of fused-ring (bicyclic) bond motifs is 5. The highest BCUT2D eigenvalue weighted by atomic mass is 16.6. The first-order valence-electron chi connectivity index (χ1n) is 20.7. The van der Waals surface area contributed by atoms with Crippen LogP contribution in [0.15, 0.2) is 71.8 Å². The molecule has 12 atom stereocenters. The van der Waals surface area contributed by atoms with E-state index in [1.165, 1.54) is 21.1 Å². The number of methoxy groups -OCH3 is 2. The average Bonchev–Trinajstić information content (AvgIpc) is 3.19. The fraction of sp³-hybridized carbons (Fsp3) is 0.609. The van der Waals surface area contributed by atoms with Gasteiger partial charge in [-0.15, -0.1) is 0 Å². The molecule has 2 aromatic rings. The van der Waals surface area contributed by atoms with Gasteiger partial charge in [0.1, 0.15) is 18.3 Å². The van der Waals surface area contributed by atoms with E-state index < -0.39 is 113 Å². The van der Waals surface area contributed by atoms with Crippen LogP contribution in [0.2, 0.25) is 0 Å². The summed E-state index contributed by atoms with van der Waals surface area (Å²) < 4.78 is 42.4. The molecule has 4 N–H and O–H groups in total. The zero-order valence-electron chi connectivity index (χ0n) is 36.6. The van der Waals surface area contributed by atoms with Crippen LogP contribution in [0.4, 0.5) is 0 Å². The zero-order valence-corrected chi connectivity index (χ0v) is 36.6. The van der Waals surface area contributed by atoms with Gasteiger partial charge in [-0.2, -0.15) is 0 Å². The predicted octanol–water partition coefficient (Wildman–Crippen LogP) is 3.97. The van der Waals surface area contributed by atoms with Crippen LogP contribution in [0.5, 0.6) is 0 Å². The summed E-state index contributed by atoms with van der Waals surface area (Å²) in [7, 11) is 2.85. The van der Waals surface area contributed by atoms with E-state index in [1.807, 2.05) is 0 Å². The molecule has 2 bridgehead atoms. The van der Waals surface area contributed by atoms with Crippen LogP contribution in [0.25, 0.3) is 0 Å². The number of aliphatic hydroxyl groups is 3. The minimum atomic E-state index is -2.02. The Hall–Kier alpha value is -4.06. The van der Waals surface area contributed by atoms with Gasteiger partial charge in [0, 0.05) is 51.2 Å². The number of esters is 3. The third-order valence-corrected chi connectivity index (χ3v) is 13.6. The highest BCUT2D eigenvalue weighted by Crippen LogP contribution is 2.66. The Kier molecular flexibility index (Phi) is 13.1. The van der Waals surface area contributed by atoms with E-state index in [0.717, 1.165) is 0 Å². The van der Waals surface area contributed by atoms with E-state index in [4.69, 9.17) is 33.2 Å². The molecule has 15 nitrogen and oxygen atoms in total. The summed E-state index contributed by atoms with van der Waals surface area (Å²) >= 11 is 0. The van der Waals surface area contributed by atoms with E-state index in [-0.39, 0.29) is 25.0 Å². The molecule has 4 aliphatic rings. The molecule has 3 fully saturated rings. The highest BCUT2D eigenvalue weighted by molar-refractivity contribution is 5.94. The number of ketones is 1. The lowest BCUT2D eigenvalue weighted by Gasteiger charge is -2.68. The quantitative estimate of drug-likeness (QED) is 0.0974. The van der Waals surface area contributed by atoms with Gasteiger partial charge in [0.2, 0.25) is 6.41 Å². The molecule has 0 radical (unpaired) electrons. The number of Topliss-reactive ketones (excluding diaryl/α,β-unsaturated/α-hetero) is 1. The van der Waals surface area contributed by atoms with E-state index in [1.54, 1.807) is 109 Å². The Morgan fingerprint density at radius 2 is 1.59 bits per heavy atom. The lowest BCUT2D eigenvalue weighted by molar-refractivity contribution is -0.343. The lowest BCUT2D eigenvalue weighted by Crippen LogP contribution is -2.80. The fourth-order valence-electron chi connectivity index (χ4n) is 10.6. The Labute approximate surface area is 357 Å². The van der Waals surface area contributed by atoms with Gasteiger partial charge in [0.15, 0.2) is 17.5 Å². The summed E-state index contributed by atoms with van der Waals surface area (Å²) in [5, 5.41) is 39.2. The van der Waals surface area contributed by atoms with Crippen LogP contribution in [-0.4, -0.2) is 120 Å². The molecule has 1 aliphatic heterocycles. The van der Waals surface area contributed by atoms with Crippen molar-refractivity contribution >= 4 is 23.7 Å². The van der Waals surface area contributed by atoms with Gasteiger partial charge in [0.25, 0.3) is 0 Å². The largest absolute Gasteiger partial charge is 0.462 e. The SMILES string of the molecule is COC1C(=O)C2(C)C(OC)CC3OCC3(OC(C)=O)C2C(COC(=O)c2ccccc2)C2(O)CC(OC(=O)C(O)C(NC(O)OC(C)(C)C)c3ccccc3)C(C)=C1C2(C)C. The summed E-state index contributed by atoms with van der Waals surface area (Å²) in [5.41, 5.74) is -5.78. The first kappa shape index (κ1) is 46.4. The molecule has 12 unspecified atom stereocenters. The second kappa shape index (κ2) is 17.2. The maximum Gasteiger partial charge on any atom is 0.338 e. The Morgan fingerprint density at radius 3 is 2.13 bits per heavy atom. The summed E-state index contributed by atoms with van der Waals surface area (Å²) in [6.45, 7) is 12.8. The number of benzene rings is 2. The maximum absolute atomic E-state index is 15.6. The number of nitrogens with one attached hydrogen (secondary N) is 1. The summed E-state index contributed by atoms with van der Waals surface area (Å²) in [4.78, 5) is 56.6. The molecule has 0 amide bonds. The summed E-state index contributed by atoms with van der Waals surface area (Å²) in [5.74, 6) is -5.21. The van der Waals surface area contributed by atoms with E-state index in [0.29, 0.717) is 16.7 Å². The number of rotatable bonds is 13. The minimum Gasteiger partial charge on any atom is -0.462 e. The van der Waals surface area contributed by atoms with E-state index >= 15 is 4.79 Å². The molecule has 1 heterocycles. The normalized spacial score (nSPS) is 33.4. The molecule has 2 saturated carbocycles. The van der Waals surface area contributed by atoms with Gasteiger partial charge >= 0.3 is 17.9 Å². The van der Waals surface area contributed by atoms with Crippen molar-refractivity contribution in [3.8, 4) is 0 Å². The van der Waals surface area contributed by atoms with Crippen molar-refractivity contribution in [3.05, 3.63) is 82.9 Å². The first-order chi connectivity index (χ1) is 28.6. The highest BCUT2D eigenvalue weighted by Gasteiger charge is 2.77. The van der Waals surface area contributed by atoms with Gasteiger partial charge in [-0.3, -0.25) is 14.9 Å². The molecule has 2 aromatic carbocycles. The van der Waals surface area contributed by atoms with Gasteiger partial charge in [-0.1, -0.05) is 62.4 Å². The van der Waals surface area contributed by atoms with Crippen LogP contribution in [0, 0.1) is 22.7 Å². The summed E-state index contributed by atoms with van der Waals surface area (Å²) in [6, 6.07) is 15.6. The second-order valence-corrected chi connectivity index (χ2v) is 18.5. The molecule has 0 aromatic heterocycles. The molecular weight excluding hydrogens is 790 g/mol. The monoisotopic (exact) mass is 851 g/mol. The Balaban J connectivity index is 1.50. The van der Waals surface area contributed by atoms with Crippen LogP contribution in [0.1, 0.15) is 90.2 Å². The zero-order chi connectivity index (χ0) is 44.9. The number of carbonyl (C=O) groups excluding carboxylic acids is 4. The van der Waals surface area contributed by atoms with Crippen LogP contribution in [0.3, 0.4) is 0 Å². The maximum atomic E-state index is 15.6. The van der Waals surface area contributed by atoms with Crippen molar-refractivity contribution in [3.63, 3.8) is 0 Å². The number of hydrogen-bond acceptors (Lipinski definition) is 15. The molecular formula is C46H61NO14. The third kappa shape index (κ3) is 8.19. The van der Waals surface area contributed by atoms with Crippen molar-refractivity contribution in [2.45, 2.75) is 128 Å². The lowest BCUT2D eigenvalue weighted by atomic mass is 9.42. The topological polar surface area (TPSA) is 206 Å². The number of ether oxygens (including phenoxy) is 7. The molecule has 1 saturated heterocycles. The fourth-order valence-corrected chi connectivity index (χ4v) is 10.6. The number of carbonyl (C=O) groups is 4. The van der Waals surface area contributed by atoms with Crippen LogP contribution in [-0.2, 0) is 47.5 Å². The van der Waals surface area contributed by atoms with Crippen molar-refractivity contribution in [2.75, 3.05) is 27.4 Å². The van der Waals surface area contributed by atoms with Crippen molar-refractivity contribution < 1.29 is 67.7 Å². The van der Waals surface area contributed by atoms with Gasteiger partial charge in [-0.05, 0) is 63.5 Å². The van der Waals surface area contributed by atoms with E-state index in [9.17, 15) is 29.7 Å². The Morgan fingerprint density at radius 1 is 0.967 bits per heavy atom. The van der Waals surface area contributed by atoms with Crippen molar-refractivity contribution in [2.24, 2.45) is 22.7 Å². The minimum absolute atomic E-state index is 0.122. The van der Waals surface area contributed by atoms with Crippen molar-refractivity contribution in [1.82, 2.24) is 5.32 Å². The Bertz CT molecular complexity index is 1980. The van der Waals surface area contributed by atoms with Gasteiger partial charge in [0.05, 0.1) is 47.5 Å². The summed E-state index contributed by atoms with van der Waals surface area (Å²) in [6.07, 6.45) is -7.85. The molecule has 0 spiro atoms. The van der Waals surface area contributed by atoms with E-state index in [2.05, 4.69) is 5.32 Å². The molecule has 15 heteroatoms. The van der Waals surface area contributed by atoms with Gasteiger partial charge < -0.3 is 48.5 Å². The first-order valence-corrected chi connectivity index (χ1v) is 20.7. The molecule has 61 heavy (non-hydrogen) atoms.